The molecule has 0 saturated carbocycles. The minimum atomic E-state index is -3.66. The van der Waals surface area contributed by atoms with E-state index in [4.69, 9.17) is 5.26 Å². The zero-order chi connectivity index (χ0) is 14.0. The van der Waals surface area contributed by atoms with Gasteiger partial charge >= 0.3 is 0 Å². The molecule has 7 heteroatoms. The van der Waals surface area contributed by atoms with Crippen molar-refractivity contribution in [3.63, 3.8) is 0 Å². The molecule has 1 aromatic carbocycles. The minimum absolute atomic E-state index is 0.111. The Bertz CT molecular complexity index is 743. The second-order valence-electron chi connectivity index (χ2n) is 3.98. The number of anilines is 1. The Hall–Kier alpha value is -2.33. The summed E-state index contributed by atoms with van der Waals surface area (Å²) in [5, 5.41) is 12.7. The molecule has 1 aromatic heterocycles. The number of nitrogens with zero attached hydrogens (tertiary/aromatic N) is 4. The molecule has 0 fully saturated rings. The molecule has 0 unspecified atom stereocenters. The van der Waals surface area contributed by atoms with Gasteiger partial charge in [-0.2, -0.15) is 10.4 Å². The zero-order valence-electron chi connectivity index (χ0n) is 10.5. The smallest absolute Gasteiger partial charge is 0.267 e. The van der Waals surface area contributed by atoms with E-state index >= 15 is 0 Å². The first-order valence-electron chi connectivity index (χ1n) is 5.43. The Morgan fingerprint density at radius 1 is 1.42 bits per heavy atom. The standard InChI is InChI=1S/C12H12N4O2S/c1-15-9-12(8-14-15)19(17,18)16(2)11-5-3-4-10(6-11)7-13/h3-6,8-9H,1-2H3. The molecule has 0 bridgehead atoms. The van der Waals surface area contributed by atoms with Crippen LogP contribution >= 0.6 is 0 Å². The van der Waals surface area contributed by atoms with Crippen LogP contribution in [0.2, 0.25) is 0 Å². The maximum Gasteiger partial charge on any atom is 0.267 e. The van der Waals surface area contributed by atoms with Gasteiger partial charge in [-0.15, -0.1) is 0 Å². The fourth-order valence-corrected chi connectivity index (χ4v) is 2.77. The number of rotatable bonds is 3. The molecule has 0 aliphatic carbocycles. The predicted molar refractivity (Wildman–Crippen MR) is 70.0 cm³/mol. The van der Waals surface area contributed by atoms with Crippen LogP contribution in [0, 0.1) is 11.3 Å². The number of aryl methyl sites for hydroxylation is 1. The Kier molecular flexibility index (Phi) is 3.27. The number of hydrogen-bond donors (Lipinski definition) is 0. The van der Waals surface area contributed by atoms with Gasteiger partial charge in [0, 0.05) is 20.3 Å². The summed E-state index contributed by atoms with van der Waals surface area (Å²) in [5.74, 6) is 0. The first-order valence-corrected chi connectivity index (χ1v) is 6.87. The van der Waals surface area contributed by atoms with Crippen LogP contribution < -0.4 is 4.31 Å². The van der Waals surface area contributed by atoms with Crippen LogP contribution in [-0.4, -0.2) is 25.2 Å². The molecular weight excluding hydrogens is 264 g/mol. The van der Waals surface area contributed by atoms with Crippen molar-refractivity contribution in [3.8, 4) is 6.07 Å². The highest BCUT2D eigenvalue weighted by Crippen LogP contribution is 2.22. The fourth-order valence-electron chi connectivity index (χ4n) is 1.60. The Morgan fingerprint density at radius 3 is 2.74 bits per heavy atom. The van der Waals surface area contributed by atoms with Gasteiger partial charge in [-0.25, -0.2) is 8.42 Å². The molecule has 0 aliphatic heterocycles. The molecule has 2 aromatic rings. The van der Waals surface area contributed by atoms with E-state index in [2.05, 4.69) is 5.10 Å². The third kappa shape index (κ3) is 2.44. The van der Waals surface area contributed by atoms with Crippen LogP contribution in [0.5, 0.6) is 0 Å². The maximum absolute atomic E-state index is 12.3. The Balaban J connectivity index is 2.43. The number of hydrogen-bond acceptors (Lipinski definition) is 4. The van der Waals surface area contributed by atoms with Crippen LogP contribution in [0.15, 0.2) is 41.6 Å². The number of benzene rings is 1. The van der Waals surface area contributed by atoms with E-state index in [1.807, 2.05) is 6.07 Å². The summed E-state index contributed by atoms with van der Waals surface area (Å²) in [6.45, 7) is 0. The van der Waals surface area contributed by atoms with E-state index < -0.39 is 10.0 Å². The van der Waals surface area contributed by atoms with E-state index in [0.717, 1.165) is 4.31 Å². The SMILES string of the molecule is CN(c1cccc(C#N)c1)S(=O)(=O)c1cnn(C)c1. The molecule has 0 N–H and O–H groups in total. The van der Waals surface area contributed by atoms with Crippen LogP contribution in [-0.2, 0) is 17.1 Å². The Labute approximate surface area is 111 Å². The molecular formula is C12H12N4O2S. The van der Waals surface area contributed by atoms with Crippen molar-refractivity contribution >= 4 is 15.7 Å². The van der Waals surface area contributed by atoms with Crippen molar-refractivity contribution in [1.82, 2.24) is 9.78 Å². The summed E-state index contributed by atoms with van der Waals surface area (Å²) >= 11 is 0. The Morgan fingerprint density at radius 2 is 2.16 bits per heavy atom. The zero-order valence-corrected chi connectivity index (χ0v) is 11.3. The van der Waals surface area contributed by atoms with Gasteiger partial charge in [0.2, 0.25) is 0 Å². The number of nitriles is 1. The van der Waals surface area contributed by atoms with Gasteiger partial charge in [-0.3, -0.25) is 8.99 Å². The number of aromatic nitrogens is 2. The average molecular weight is 276 g/mol. The van der Waals surface area contributed by atoms with Crippen LogP contribution in [0.3, 0.4) is 0 Å². The first-order chi connectivity index (χ1) is 8.95. The molecule has 0 aliphatic rings. The van der Waals surface area contributed by atoms with E-state index in [-0.39, 0.29) is 4.90 Å². The number of sulfonamides is 1. The summed E-state index contributed by atoms with van der Waals surface area (Å²) in [6, 6.07) is 8.40. The predicted octanol–water partition coefficient (Wildman–Crippen LogP) is 1.12. The van der Waals surface area contributed by atoms with Gasteiger partial charge in [0.05, 0.1) is 23.5 Å². The lowest BCUT2D eigenvalue weighted by molar-refractivity contribution is 0.594. The molecule has 0 atom stereocenters. The van der Waals surface area contributed by atoms with Gasteiger partial charge < -0.3 is 0 Å². The van der Waals surface area contributed by atoms with E-state index in [1.54, 1.807) is 25.2 Å². The van der Waals surface area contributed by atoms with Gasteiger partial charge in [0.25, 0.3) is 10.0 Å². The first kappa shape index (κ1) is 13.1. The maximum atomic E-state index is 12.3. The van der Waals surface area contributed by atoms with Crippen molar-refractivity contribution in [1.29, 1.82) is 5.26 Å². The molecule has 98 valence electrons. The van der Waals surface area contributed by atoms with Gasteiger partial charge in [-0.05, 0) is 18.2 Å². The van der Waals surface area contributed by atoms with Crippen LogP contribution in [0.25, 0.3) is 0 Å². The largest absolute Gasteiger partial charge is 0.274 e. The summed E-state index contributed by atoms with van der Waals surface area (Å²) in [7, 11) is -0.564. The topological polar surface area (TPSA) is 79.0 Å². The van der Waals surface area contributed by atoms with Crippen molar-refractivity contribution in [3.05, 3.63) is 42.2 Å². The molecule has 0 spiro atoms. The van der Waals surface area contributed by atoms with Gasteiger partial charge in [-0.1, -0.05) is 6.07 Å². The molecule has 6 nitrogen and oxygen atoms in total. The van der Waals surface area contributed by atoms with Crippen molar-refractivity contribution in [2.75, 3.05) is 11.4 Å². The highest BCUT2D eigenvalue weighted by atomic mass is 32.2. The second-order valence-corrected chi connectivity index (χ2v) is 5.95. The van der Waals surface area contributed by atoms with Gasteiger partial charge in [0.1, 0.15) is 4.90 Å². The van der Waals surface area contributed by atoms with Crippen LogP contribution in [0.1, 0.15) is 5.56 Å². The van der Waals surface area contributed by atoms with Crippen molar-refractivity contribution in [2.24, 2.45) is 7.05 Å². The quantitative estimate of drug-likeness (QED) is 0.841. The van der Waals surface area contributed by atoms with Crippen molar-refractivity contribution in [2.45, 2.75) is 4.90 Å². The van der Waals surface area contributed by atoms with Crippen molar-refractivity contribution < 1.29 is 8.42 Å². The second kappa shape index (κ2) is 4.74. The van der Waals surface area contributed by atoms with Crippen LogP contribution in [0.4, 0.5) is 5.69 Å². The lowest BCUT2D eigenvalue weighted by atomic mass is 10.2. The molecule has 2 rings (SSSR count). The molecule has 0 saturated heterocycles. The average Bonchev–Trinajstić information content (AvgIpc) is 2.85. The summed E-state index contributed by atoms with van der Waals surface area (Å²) in [5.41, 5.74) is 0.841. The van der Waals surface area contributed by atoms with E-state index in [0.29, 0.717) is 11.3 Å². The molecule has 19 heavy (non-hydrogen) atoms. The minimum Gasteiger partial charge on any atom is -0.274 e. The summed E-state index contributed by atoms with van der Waals surface area (Å²) < 4.78 is 27.2. The lowest BCUT2D eigenvalue weighted by Gasteiger charge is -2.18. The summed E-state index contributed by atoms with van der Waals surface area (Å²) in [6.07, 6.45) is 2.72. The molecule has 0 radical (unpaired) electrons. The van der Waals surface area contributed by atoms with E-state index in [9.17, 15) is 8.42 Å². The third-order valence-electron chi connectivity index (χ3n) is 2.68. The van der Waals surface area contributed by atoms with E-state index in [1.165, 1.54) is 30.2 Å². The monoisotopic (exact) mass is 276 g/mol. The third-order valence-corrected chi connectivity index (χ3v) is 4.42. The van der Waals surface area contributed by atoms with Gasteiger partial charge in [0.15, 0.2) is 0 Å². The molecule has 0 amide bonds. The highest BCUT2D eigenvalue weighted by Gasteiger charge is 2.22. The molecule has 1 heterocycles. The lowest BCUT2D eigenvalue weighted by Crippen LogP contribution is -2.26. The summed E-state index contributed by atoms with van der Waals surface area (Å²) in [4.78, 5) is 0.111. The fraction of sp³-hybridized carbons (Fsp3) is 0.167. The highest BCUT2D eigenvalue weighted by molar-refractivity contribution is 7.92. The normalized spacial score (nSPS) is 11.0.